The molecular formula is C13H17ClFNO2. The second-order valence-corrected chi connectivity index (χ2v) is 5.17. The quantitative estimate of drug-likeness (QED) is 0.916. The molecule has 100 valence electrons. The van der Waals surface area contributed by atoms with Gasteiger partial charge >= 0.3 is 0 Å². The summed E-state index contributed by atoms with van der Waals surface area (Å²) in [6, 6.07) is 3.93. The molecule has 0 saturated heterocycles. The lowest BCUT2D eigenvalue weighted by molar-refractivity contribution is 0.0314. The maximum atomic E-state index is 13.3. The Balaban J connectivity index is 2.93. The lowest BCUT2D eigenvalue weighted by Crippen LogP contribution is -2.42. The fourth-order valence-corrected chi connectivity index (χ4v) is 1.72. The molecule has 1 aromatic carbocycles. The largest absolute Gasteiger partial charge is 0.389 e. The van der Waals surface area contributed by atoms with Crippen molar-refractivity contribution < 1.29 is 14.3 Å². The number of nitrogens with zero attached hydrogens (tertiary/aromatic N) is 1. The normalized spacial score (nSPS) is 11.4. The van der Waals surface area contributed by atoms with Crippen LogP contribution in [0.15, 0.2) is 18.2 Å². The summed E-state index contributed by atoms with van der Waals surface area (Å²) < 4.78 is 13.3. The molecule has 0 unspecified atom stereocenters. The minimum Gasteiger partial charge on any atom is -0.389 e. The third-order valence-corrected chi connectivity index (χ3v) is 2.72. The van der Waals surface area contributed by atoms with Crippen LogP contribution in [-0.2, 0) is 0 Å². The molecule has 18 heavy (non-hydrogen) atoms. The molecule has 1 aromatic rings. The maximum absolute atomic E-state index is 13.3. The lowest BCUT2D eigenvalue weighted by atomic mass is 10.1. The SMILES string of the molecule is CCN(CC(C)(C)O)C(=O)c1ccc(Cl)c(F)c1. The van der Waals surface area contributed by atoms with Crippen molar-refractivity contribution in [3.63, 3.8) is 0 Å². The number of carbonyl (C=O) groups is 1. The first-order chi connectivity index (χ1) is 8.24. The lowest BCUT2D eigenvalue weighted by Gasteiger charge is -2.28. The molecule has 3 nitrogen and oxygen atoms in total. The zero-order valence-electron chi connectivity index (χ0n) is 10.7. The molecule has 0 atom stereocenters. The topological polar surface area (TPSA) is 40.5 Å². The van der Waals surface area contributed by atoms with Crippen molar-refractivity contribution in [2.75, 3.05) is 13.1 Å². The molecule has 0 radical (unpaired) electrons. The van der Waals surface area contributed by atoms with Crippen LogP contribution >= 0.6 is 11.6 Å². The molecule has 1 rings (SSSR count). The average molecular weight is 274 g/mol. The third kappa shape index (κ3) is 3.96. The van der Waals surface area contributed by atoms with Crippen LogP contribution in [0.2, 0.25) is 5.02 Å². The zero-order valence-corrected chi connectivity index (χ0v) is 11.5. The van der Waals surface area contributed by atoms with Crippen LogP contribution in [0.3, 0.4) is 0 Å². The summed E-state index contributed by atoms with van der Waals surface area (Å²) in [4.78, 5) is 13.6. The van der Waals surface area contributed by atoms with E-state index in [1.54, 1.807) is 20.8 Å². The number of hydrogen-bond acceptors (Lipinski definition) is 2. The van der Waals surface area contributed by atoms with Gasteiger partial charge in [0, 0.05) is 18.7 Å². The van der Waals surface area contributed by atoms with Crippen LogP contribution in [0.25, 0.3) is 0 Å². The first kappa shape index (κ1) is 14.9. The van der Waals surface area contributed by atoms with Crippen LogP contribution < -0.4 is 0 Å². The number of aliphatic hydroxyl groups is 1. The molecule has 0 fully saturated rings. The molecule has 0 saturated carbocycles. The Labute approximate surface area is 111 Å². The van der Waals surface area contributed by atoms with Gasteiger partial charge in [-0.25, -0.2) is 4.39 Å². The van der Waals surface area contributed by atoms with Crippen LogP contribution in [0.5, 0.6) is 0 Å². The summed E-state index contributed by atoms with van der Waals surface area (Å²) in [7, 11) is 0. The number of halogens is 2. The molecular weight excluding hydrogens is 257 g/mol. The summed E-state index contributed by atoms with van der Waals surface area (Å²) in [5.74, 6) is -0.947. The fourth-order valence-electron chi connectivity index (χ4n) is 1.61. The molecule has 0 aromatic heterocycles. The molecule has 1 N–H and O–H groups in total. The van der Waals surface area contributed by atoms with Crippen molar-refractivity contribution in [3.05, 3.63) is 34.6 Å². The number of hydrogen-bond donors (Lipinski definition) is 1. The molecule has 0 aliphatic carbocycles. The van der Waals surface area contributed by atoms with Gasteiger partial charge in [-0.05, 0) is 39.0 Å². The molecule has 0 spiro atoms. The summed E-state index contributed by atoms with van der Waals surface area (Å²) in [6.07, 6.45) is 0. The monoisotopic (exact) mass is 273 g/mol. The predicted molar refractivity (Wildman–Crippen MR) is 69.3 cm³/mol. The standard InChI is InChI=1S/C13H17ClFNO2/c1-4-16(8-13(2,3)18)12(17)9-5-6-10(14)11(15)7-9/h5-7,18H,4,8H2,1-3H3. The number of amides is 1. The minimum absolute atomic E-state index is 0.0166. The Morgan fingerprint density at radius 3 is 2.56 bits per heavy atom. The van der Waals surface area contributed by atoms with Gasteiger partial charge < -0.3 is 10.0 Å². The molecule has 0 aliphatic rings. The molecule has 0 heterocycles. The highest BCUT2D eigenvalue weighted by molar-refractivity contribution is 6.30. The highest BCUT2D eigenvalue weighted by Gasteiger charge is 2.22. The van der Waals surface area contributed by atoms with Gasteiger partial charge in [0.15, 0.2) is 0 Å². The Kier molecular flexibility index (Phi) is 4.71. The van der Waals surface area contributed by atoms with E-state index in [1.165, 1.54) is 17.0 Å². The van der Waals surface area contributed by atoms with Crippen LogP contribution in [0, 0.1) is 5.82 Å². The van der Waals surface area contributed by atoms with E-state index in [0.717, 1.165) is 6.07 Å². The van der Waals surface area contributed by atoms with Crippen LogP contribution in [0.1, 0.15) is 31.1 Å². The Morgan fingerprint density at radius 2 is 2.11 bits per heavy atom. The van der Waals surface area contributed by atoms with E-state index < -0.39 is 11.4 Å². The van der Waals surface area contributed by atoms with Gasteiger partial charge in [-0.2, -0.15) is 0 Å². The first-order valence-electron chi connectivity index (χ1n) is 5.71. The fraction of sp³-hybridized carbons (Fsp3) is 0.462. The van der Waals surface area contributed by atoms with Crippen molar-refractivity contribution in [2.45, 2.75) is 26.4 Å². The van der Waals surface area contributed by atoms with Crippen molar-refractivity contribution in [2.24, 2.45) is 0 Å². The number of benzene rings is 1. The molecule has 5 heteroatoms. The highest BCUT2D eigenvalue weighted by Crippen LogP contribution is 2.17. The van der Waals surface area contributed by atoms with E-state index >= 15 is 0 Å². The van der Waals surface area contributed by atoms with Crippen molar-refractivity contribution in [1.82, 2.24) is 4.90 Å². The van der Waals surface area contributed by atoms with Gasteiger partial charge in [0.05, 0.1) is 10.6 Å². The Morgan fingerprint density at radius 1 is 1.50 bits per heavy atom. The Hall–Kier alpha value is -1.13. The van der Waals surface area contributed by atoms with Crippen molar-refractivity contribution >= 4 is 17.5 Å². The Bertz CT molecular complexity index is 443. The summed E-state index contributed by atoms with van der Waals surface area (Å²) in [5, 5.41) is 9.71. The third-order valence-electron chi connectivity index (χ3n) is 2.41. The second-order valence-electron chi connectivity index (χ2n) is 4.76. The van der Waals surface area contributed by atoms with E-state index in [9.17, 15) is 14.3 Å². The molecule has 0 aliphatic heterocycles. The average Bonchev–Trinajstić information content (AvgIpc) is 2.27. The molecule has 1 amide bonds. The van der Waals surface area contributed by atoms with Crippen molar-refractivity contribution in [3.8, 4) is 0 Å². The van der Waals surface area contributed by atoms with E-state index in [-0.39, 0.29) is 23.0 Å². The van der Waals surface area contributed by atoms with E-state index in [0.29, 0.717) is 6.54 Å². The van der Waals surface area contributed by atoms with Crippen LogP contribution in [0.4, 0.5) is 4.39 Å². The summed E-state index contributed by atoms with van der Waals surface area (Å²) in [5.41, 5.74) is -0.764. The number of likely N-dealkylation sites (N-methyl/N-ethyl adjacent to an activating group) is 1. The van der Waals surface area contributed by atoms with E-state index in [1.807, 2.05) is 0 Å². The second kappa shape index (κ2) is 5.67. The summed E-state index contributed by atoms with van der Waals surface area (Å²) >= 11 is 5.57. The van der Waals surface area contributed by atoms with Gasteiger partial charge in [0.1, 0.15) is 5.82 Å². The minimum atomic E-state index is -0.989. The maximum Gasteiger partial charge on any atom is 0.254 e. The van der Waals surface area contributed by atoms with Gasteiger partial charge in [-0.3, -0.25) is 4.79 Å². The predicted octanol–water partition coefficient (Wildman–Crippen LogP) is 2.71. The van der Waals surface area contributed by atoms with E-state index in [2.05, 4.69) is 0 Å². The van der Waals surface area contributed by atoms with Gasteiger partial charge in [-0.15, -0.1) is 0 Å². The van der Waals surface area contributed by atoms with E-state index in [4.69, 9.17) is 11.6 Å². The summed E-state index contributed by atoms with van der Waals surface area (Å²) in [6.45, 7) is 5.66. The highest BCUT2D eigenvalue weighted by atomic mass is 35.5. The van der Waals surface area contributed by atoms with Gasteiger partial charge in [-0.1, -0.05) is 11.6 Å². The number of carbonyl (C=O) groups excluding carboxylic acids is 1. The first-order valence-corrected chi connectivity index (χ1v) is 6.09. The van der Waals surface area contributed by atoms with Crippen LogP contribution in [-0.4, -0.2) is 34.6 Å². The molecule has 0 bridgehead atoms. The van der Waals surface area contributed by atoms with Gasteiger partial charge in [0.25, 0.3) is 5.91 Å². The van der Waals surface area contributed by atoms with Crippen molar-refractivity contribution in [1.29, 1.82) is 0 Å². The zero-order chi connectivity index (χ0) is 13.9. The number of rotatable bonds is 4. The smallest absolute Gasteiger partial charge is 0.254 e. The van der Waals surface area contributed by atoms with Gasteiger partial charge in [0.2, 0.25) is 0 Å².